The standard InChI is InChI=1S/C20H30N6O2/c1-14-24-25-19(26(14)2)12-22-20(23-18(13-27-3)16-7-8-16)21-11-15-5-9-17(28-4)10-6-15/h5-6,9-10,16,18H,7-8,11-13H2,1-4H3,(H2,21,22,23). The van der Waals surface area contributed by atoms with Crippen molar-refractivity contribution in [2.24, 2.45) is 18.0 Å². The van der Waals surface area contributed by atoms with Crippen molar-refractivity contribution in [1.29, 1.82) is 0 Å². The van der Waals surface area contributed by atoms with Gasteiger partial charge in [-0.3, -0.25) is 0 Å². The zero-order chi connectivity index (χ0) is 19.9. The molecule has 1 unspecified atom stereocenters. The van der Waals surface area contributed by atoms with Crippen molar-refractivity contribution in [1.82, 2.24) is 25.4 Å². The molecule has 1 fully saturated rings. The highest BCUT2D eigenvalue weighted by molar-refractivity contribution is 5.80. The zero-order valence-electron chi connectivity index (χ0n) is 17.1. The summed E-state index contributed by atoms with van der Waals surface area (Å²) in [6.45, 7) is 3.73. The molecule has 0 bridgehead atoms. The largest absolute Gasteiger partial charge is 0.497 e. The molecule has 8 nitrogen and oxygen atoms in total. The van der Waals surface area contributed by atoms with E-state index in [0.717, 1.165) is 28.9 Å². The Labute approximate surface area is 166 Å². The summed E-state index contributed by atoms with van der Waals surface area (Å²) in [6.07, 6.45) is 2.46. The number of benzene rings is 1. The van der Waals surface area contributed by atoms with E-state index in [2.05, 4.69) is 20.8 Å². The van der Waals surface area contributed by atoms with Crippen LogP contribution < -0.4 is 15.4 Å². The highest BCUT2D eigenvalue weighted by atomic mass is 16.5. The molecule has 28 heavy (non-hydrogen) atoms. The lowest BCUT2D eigenvalue weighted by atomic mass is 10.2. The number of methoxy groups -OCH3 is 2. The van der Waals surface area contributed by atoms with E-state index in [9.17, 15) is 0 Å². The molecule has 0 aliphatic heterocycles. The predicted molar refractivity (Wildman–Crippen MR) is 108 cm³/mol. The first-order valence-corrected chi connectivity index (χ1v) is 9.62. The normalized spacial score (nSPS) is 15.4. The van der Waals surface area contributed by atoms with Gasteiger partial charge in [-0.25, -0.2) is 4.99 Å². The lowest BCUT2D eigenvalue weighted by molar-refractivity contribution is 0.165. The first-order valence-electron chi connectivity index (χ1n) is 9.62. The van der Waals surface area contributed by atoms with Gasteiger partial charge in [-0.05, 0) is 43.4 Å². The van der Waals surface area contributed by atoms with Gasteiger partial charge in [0, 0.05) is 14.2 Å². The summed E-state index contributed by atoms with van der Waals surface area (Å²) >= 11 is 0. The molecule has 0 spiro atoms. The Bertz CT molecular complexity index is 782. The molecule has 1 aromatic carbocycles. The summed E-state index contributed by atoms with van der Waals surface area (Å²) in [5.41, 5.74) is 1.12. The lowest BCUT2D eigenvalue weighted by Crippen LogP contribution is -2.46. The molecule has 2 aromatic rings. The molecular formula is C20H30N6O2. The van der Waals surface area contributed by atoms with Gasteiger partial charge in [-0.15, -0.1) is 10.2 Å². The van der Waals surface area contributed by atoms with Crippen LogP contribution in [0.25, 0.3) is 0 Å². The third kappa shape index (κ3) is 5.45. The monoisotopic (exact) mass is 386 g/mol. The Morgan fingerprint density at radius 2 is 2.00 bits per heavy atom. The van der Waals surface area contributed by atoms with Gasteiger partial charge in [0.15, 0.2) is 11.8 Å². The number of hydrogen-bond acceptors (Lipinski definition) is 5. The fourth-order valence-electron chi connectivity index (χ4n) is 2.97. The maximum absolute atomic E-state index is 5.39. The molecule has 3 rings (SSSR count). The maximum Gasteiger partial charge on any atom is 0.192 e. The Morgan fingerprint density at radius 3 is 2.57 bits per heavy atom. The second kappa shape index (κ2) is 9.54. The number of hydrogen-bond donors (Lipinski definition) is 2. The van der Waals surface area contributed by atoms with E-state index in [1.54, 1.807) is 14.2 Å². The molecule has 1 heterocycles. The van der Waals surface area contributed by atoms with Crippen molar-refractivity contribution >= 4 is 5.96 Å². The van der Waals surface area contributed by atoms with Gasteiger partial charge in [0.05, 0.1) is 32.8 Å². The lowest BCUT2D eigenvalue weighted by Gasteiger charge is -2.21. The summed E-state index contributed by atoms with van der Waals surface area (Å²) in [5.74, 6) is 3.99. The smallest absolute Gasteiger partial charge is 0.192 e. The Hall–Kier alpha value is -2.61. The van der Waals surface area contributed by atoms with E-state index in [0.29, 0.717) is 25.6 Å². The van der Waals surface area contributed by atoms with Crippen molar-refractivity contribution in [3.05, 3.63) is 41.5 Å². The molecule has 152 valence electrons. The summed E-state index contributed by atoms with van der Waals surface area (Å²) in [4.78, 5) is 4.77. The van der Waals surface area contributed by atoms with Crippen LogP contribution in [-0.4, -0.2) is 47.6 Å². The molecule has 0 saturated heterocycles. The Kier molecular flexibility index (Phi) is 6.86. The van der Waals surface area contributed by atoms with Gasteiger partial charge < -0.3 is 24.7 Å². The molecular weight excluding hydrogens is 356 g/mol. The highest BCUT2D eigenvalue weighted by Crippen LogP contribution is 2.32. The number of nitrogens with one attached hydrogen (secondary N) is 2. The summed E-state index contributed by atoms with van der Waals surface area (Å²) < 4.78 is 12.6. The summed E-state index contributed by atoms with van der Waals surface area (Å²) in [6, 6.07) is 8.21. The number of ether oxygens (including phenoxy) is 2. The van der Waals surface area contributed by atoms with Crippen molar-refractivity contribution in [2.45, 2.75) is 38.9 Å². The van der Waals surface area contributed by atoms with Crippen LogP contribution in [0.2, 0.25) is 0 Å². The summed E-state index contributed by atoms with van der Waals surface area (Å²) in [7, 11) is 5.37. The second-order valence-electron chi connectivity index (χ2n) is 7.13. The molecule has 1 aromatic heterocycles. The molecule has 8 heteroatoms. The molecule has 1 aliphatic carbocycles. The van der Waals surface area contributed by atoms with Crippen LogP contribution in [0, 0.1) is 12.8 Å². The van der Waals surface area contributed by atoms with Crippen LogP contribution in [0.5, 0.6) is 5.75 Å². The molecule has 1 saturated carbocycles. The van der Waals surface area contributed by atoms with Gasteiger partial charge in [0.1, 0.15) is 11.6 Å². The number of nitrogens with zero attached hydrogens (tertiary/aromatic N) is 4. The predicted octanol–water partition coefficient (Wildman–Crippen LogP) is 1.79. The molecule has 2 N–H and O–H groups in total. The van der Waals surface area contributed by atoms with E-state index in [-0.39, 0.29) is 6.04 Å². The minimum atomic E-state index is 0.258. The minimum Gasteiger partial charge on any atom is -0.497 e. The number of guanidine groups is 1. The first-order chi connectivity index (χ1) is 13.6. The Morgan fingerprint density at radius 1 is 1.25 bits per heavy atom. The van der Waals surface area contributed by atoms with Gasteiger partial charge in [-0.1, -0.05) is 12.1 Å². The highest BCUT2D eigenvalue weighted by Gasteiger charge is 2.31. The van der Waals surface area contributed by atoms with Crippen LogP contribution in [0.15, 0.2) is 29.3 Å². The van der Waals surface area contributed by atoms with Crippen molar-refractivity contribution < 1.29 is 9.47 Å². The number of rotatable bonds is 9. The van der Waals surface area contributed by atoms with E-state index in [1.165, 1.54) is 12.8 Å². The van der Waals surface area contributed by atoms with Gasteiger partial charge in [-0.2, -0.15) is 0 Å². The molecule has 0 radical (unpaired) electrons. The average Bonchev–Trinajstić information content (AvgIpc) is 3.51. The average molecular weight is 387 g/mol. The van der Waals surface area contributed by atoms with Gasteiger partial charge in [0.25, 0.3) is 0 Å². The molecule has 0 amide bonds. The van der Waals surface area contributed by atoms with E-state index >= 15 is 0 Å². The number of aromatic nitrogens is 3. The SMILES string of the molecule is COCC(NC(=NCc1ccc(OC)cc1)NCc1nnc(C)n1C)C1CC1. The van der Waals surface area contributed by atoms with E-state index < -0.39 is 0 Å². The van der Waals surface area contributed by atoms with Gasteiger partial charge in [0.2, 0.25) is 0 Å². The first kappa shape index (κ1) is 20.1. The van der Waals surface area contributed by atoms with Crippen LogP contribution >= 0.6 is 0 Å². The summed E-state index contributed by atoms with van der Waals surface area (Å²) in [5, 5.41) is 15.3. The fraction of sp³-hybridized carbons (Fsp3) is 0.550. The van der Waals surface area contributed by atoms with Crippen LogP contribution in [-0.2, 0) is 24.9 Å². The Balaban J connectivity index is 1.69. The van der Waals surface area contributed by atoms with Crippen LogP contribution in [0.3, 0.4) is 0 Å². The van der Waals surface area contributed by atoms with Crippen molar-refractivity contribution in [3.8, 4) is 5.75 Å². The number of aliphatic imine (C=N–C) groups is 1. The topological polar surface area (TPSA) is 85.6 Å². The third-order valence-electron chi connectivity index (χ3n) is 5.03. The van der Waals surface area contributed by atoms with Crippen LogP contribution in [0.4, 0.5) is 0 Å². The van der Waals surface area contributed by atoms with Crippen molar-refractivity contribution in [2.75, 3.05) is 20.8 Å². The fourth-order valence-corrected chi connectivity index (χ4v) is 2.97. The third-order valence-corrected chi connectivity index (χ3v) is 5.03. The van der Waals surface area contributed by atoms with Gasteiger partial charge >= 0.3 is 0 Å². The van der Waals surface area contributed by atoms with Crippen molar-refractivity contribution in [3.63, 3.8) is 0 Å². The molecule has 1 atom stereocenters. The number of aryl methyl sites for hydroxylation is 1. The maximum atomic E-state index is 5.39. The molecule has 1 aliphatic rings. The zero-order valence-corrected chi connectivity index (χ0v) is 17.1. The second-order valence-corrected chi connectivity index (χ2v) is 7.13. The quantitative estimate of drug-likeness (QED) is 0.505. The minimum absolute atomic E-state index is 0.258. The van der Waals surface area contributed by atoms with Crippen LogP contribution in [0.1, 0.15) is 30.1 Å². The van der Waals surface area contributed by atoms with E-state index in [4.69, 9.17) is 14.5 Å². The van der Waals surface area contributed by atoms with E-state index in [1.807, 2.05) is 42.8 Å².